The summed E-state index contributed by atoms with van der Waals surface area (Å²) in [5.74, 6) is -2.19. The molecule has 0 aliphatic heterocycles. The first-order chi connectivity index (χ1) is 12.4. The molecule has 1 saturated carbocycles. The maximum Gasteiger partial charge on any atom is 0.209 e. The van der Waals surface area contributed by atoms with E-state index in [1.807, 2.05) is 0 Å². The van der Waals surface area contributed by atoms with E-state index in [1.165, 1.54) is 22.5 Å². The largest absolute Gasteiger partial charge is 0.298 e. The van der Waals surface area contributed by atoms with Gasteiger partial charge in [-0.05, 0) is 29.0 Å². The van der Waals surface area contributed by atoms with Crippen LogP contribution in [0, 0.1) is 5.92 Å². The van der Waals surface area contributed by atoms with Gasteiger partial charge in [-0.1, -0.05) is 35.0 Å². The normalized spacial score (nSPS) is 15.5. The monoisotopic (exact) mass is 412 g/mol. The number of carbonyl (C=O) groups excluding carboxylic acids is 3. The van der Waals surface area contributed by atoms with Crippen molar-refractivity contribution in [3.63, 3.8) is 0 Å². The van der Waals surface area contributed by atoms with E-state index in [0.29, 0.717) is 27.9 Å². The van der Waals surface area contributed by atoms with Crippen molar-refractivity contribution in [1.82, 2.24) is 20.2 Å². The van der Waals surface area contributed by atoms with E-state index in [2.05, 4.69) is 15.5 Å². The Labute approximate surface area is 163 Å². The average Bonchev–Trinajstić information content (AvgIpc) is 2.99. The lowest BCUT2D eigenvalue weighted by Gasteiger charge is -2.19. The summed E-state index contributed by atoms with van der Waals surface area (Å²) in [5, 5.41) is 12.2. The second kappa shape index (κ2) is 7.85. The van der Waals surface area contributed by atoms with Crippen LogP contribution in [-0.2, 0) is 22.4 Å². The molecule has 3 rings (SSSR count). The Balaban J connectivity index is 1.89. The van der Waals surface area contributed by atoms with Gasteiger partial charge in [-0.2, -0.15) is 0 Å². The van der Waals surface area contributed by atoms with Crippen LogP contribution >= 0.6 is 35.0 Å². The predicted molar refractivity (Wildman–Crippen MR) is 96.5 cm³/mol. The molecule has 0 atom stereocenters. The number of tetrazole rings is 1. The molecular weight excluding hydrogens is 399 g/mol. The number of Topliss-reactive ketones (excluding diaryl/α,β-unsaturated/α-hetero) is 3. The van der Waals surface area contributed by atoms with Gasteiger partial charge in [-0.15, -0.1) is 5.10 Å². The van der Waals surface area contributed by atoms with Gasteiger partial charge in [-0.3, -0.25) is 14.4 Å². The summed E-state index contributed by atoms with van der Waals surface area (Å²) in [6.07, 6.45) is 0.952. The molecule has 1 aromatic heterocycles. The number of ketones is 3. The molecule has 1 aliphatic carbocycles. The molecule has 0 radical (unpaired) electrons. The third-order valence-corrected chi connectivity index (χ3v) is 5.95. The molecule has 0 amide bonds. The van der Waals surface area contributed by atoms with Crippen molar-refractivity contribution in [2.45, 2.75) is 30.2 Å². The minimum Gasteiger partial charge on any atom is -0.298 e. The first-order valence-corrected chi connectivity index (χ1v) is 9.56. The molecule has 0 saturated heterocycles. The molecule has 0 spiro atoms. The van der Waals surface area contributed by atoms with Gasteiger partial charge in [0.2, 0.25) is 5.16 Å². The number of carbonyl (C=O) groups is 3. The summed E-state index contributed by atoms with van der Waals surface area (Å²) in [7, 11) is 1.70. The van der Waals surface area contributed by atoms with Crippen LogP contribution in [-0.4, -0.2) is 37.6 Å². The molecule has 1 fully saturated rings. The topological polar surface area (TPSA) is 94.8 Å². The molecule has 7 nitrogen and oxygen atoms in total. The Morgan fingerprint density at radius 3 is 2.58 bits per heavy atom. The second-order valence-corrected chi connectivity index (χ2v) is 7.57. The Morgan fingerprint density at radius 1 is 1.27 bits per heavy atom. The highest BCUT2D eigenvalue weighted by Gasteiger charge is 2.37. The molecule has 1 aromatic carbocycles. The van der Waals surface area contributed by atoms with Gasteiger partial charge in [0.1, 0.15) is 5.92 Å². The first kappa shape index (κ1) is 19.0. The fourth-order valence-electron chi connectivity index (χ4n) is 2.75. The SMILES string of the molecule is Cn1nnnc1SCc1c(Cl)ccc(C(=O)C2C(=O)CCCC2=O)c1Cl. The van der Waals surface area contributed by atoms with E-state index >= 15 is 0 Å². The standard InChI is InChI=1S/C16H14Cl2N4O3S/c1-22-16(19-20-21-22)26-7-9-10(17)6-5-8(14(9)18)15(25)13-11(23)3-2-4-12(13)24/h5-6,13H,2-4,7H2,1H3. The van der Waals surface area contributed by atoms with Crippen LogP contribution in [0.5, 0.6) is 0 Å². The minimum atomic E-state index is -1.26. The predicted octanol–water partition coefficient (Wildman–Crippen LogP) is 2.93. The highest BCUT2D eigenvalue weighted by atomic mass is 35.5. The minimum absolute atomic E-state index is 0.136. The number of nitrogens with zero attached hydrogens (tertiary/aromatic N) is 4. The molecule has 2 aromatic rings. The van der Waals surface area contributed by atoms with Crippen molar-refractivity contribution in [3.8, 4) is 0 Å². The van der Waals surface area contributed by atoms with Crippen LogP contribution in [0.4, 0.5) is 0 Å². The van der Waals surface area contributed by atoms with E-state index in [9.17, 15) is 14.4 Å². The number of aryl methyl sites for hydroxylation is 1. The summed E-state index contributed by atoms with van der Waals surface area (Å²) in [6, 6.07) is 3.00. The first-order valence-electron chi connectivity index (χ1n) is 7.81. The van der Waals surface area contributed by atoms with Gasteiger partial charge >= 0.3 is 0 Å². The van der Waals surface area contributed by atoms with Crippen molar-refractivity contribution in [3.05, 3.63) is 33.3 Å². The van der Waals surface area contributed by atoms with Gasteiger partial charge in [0, 0.05) is 41.8 Å². The molecule has 10 heteroatoms. The van der Waals surface area contributed by atoms with Crippen LogP contribution < -0.4 is 0 Å². The molecule has 0 unspecified atom stereocenters. The second-order valence-electron chi connectivity index (χ2n) is 5.84. The third kappa shape index (κ3) is 3.67. The lowest BCUT2D eigenvalue weighted by molar-refractivity contribution is -0.133. The molecule has 0 bridgehead atoms. The lowest BCUT2D eigenvalue weighted by Crippen LogP contribution is -2.35. The zero-order chi connectivity index (χ0) is 18.8. The molecule has 1 heterocycles. The van der Waals surface area contributed by atoms with Crippen molar-refractivity contribution in [2.24, 2.45) is 13.0 Å². The summed E-state index contributed by atoms with van der Waals surface area (Å²) >= 11 is 13.9. The maximum atomic E-state index is 12.8. The number of rotatable bonds is 5. The van der Waals surface area contributed by atoms with Gasteiger partial charge in [-0.25, -0.2) is 4.68 Å². The smallest absolute Gasteiger partial charge is 0.209 e. The number of hydrogen-bond acceptors (Lipinski definition) is 7. The average molecular weight is 413 g/mol. The van der Waals surface area contributed by atoms with Crippen LogP contribution in [0.2, 0.25) is 10.0 Å². The Bertz CT molecular complexity index is 884. The fraction of sp³-hybridized carbons (Fsp3) is 0.375. The van der Waals surface area contributed by atoms with Crippen molar-refractivity contribution in [2.75, 3.05) is 0 Å². The molecular formula is C16H14Cl2N4O3S. The van der Waals surface area contributed by atoms with E-state index in [-0.39, 0.29) is 35.0 Å². The Kier molecular flexibility index (Phi) is 5.74. The lowest BCUT2D eigenvalue weighted by atomic mass is 9.81. The van der Waals surface area contributed by atoms with Gasteiger partial charge in [0.25, 0.3) is 0 Å². The maximum absolute atomic E-state index is 12.8. The number of halogens is 2. The summed E-state index contributed by atoms with van der Waals surface area (Å²) in [4.78, 5) is 36.9. The highest BCUT2D eigenvalue weighted by Crippen LogP contribution is 2.35. The number of benzene rings is 1. The molecule has 26 heavy (non-hydrogen) atoms. The summed E-state index contributed by atoms with van der Waals surface area (Å²) in [6.45, 7) is 0. The quantitative estimate of drug-likeness (QED) is 0.423. The fourth-order valence-corrected chi connectivity index (χ4v) is 4.40. The van der Waals surface area contributed by atoms with Crippen LogP contribution in [0.1, 0.15) is 35.2 Å². The number of aromatic nitrogens is 4. The van der Waals surface area contributed by atoms with E-state index in [1.54, 1.807) is 13.1 Å². The third-order valence-electron chi connectivity index (χ3n) is 4.13. The highest BCUT2D eigenvalue weighted by molar-refractivity contribution is 7.98. The molecule has 0 N–H and O–H groups in total. The van der Waals surface area contributed by atoms with Gasteiger partial charge in [0.05, 0.1) is 5.02 Å². The van der Waals surface area contributed by atoms with Crippen molar-refractivity contribution in [1.29, 1.82) is 0 Å². The Hall–Kier alpha value is -1.77. The van der Waals surface area contributed by atoms with Crippen molar-refractivity contribution >= 4 is 52.3 Å². The van der Waals surface area contributed by atoms with Gasteiger partial charge in [0.15, 0.2) is 17.3 Å². The molecule has 1 aliphatic rings. The van der Waals surface area contributed by atoms with E-state index < -0.39 is 11.7 Å². The van der Waals surface area contributed by atoms with E-state index in [0.717, 1.165) is 0 Å². The molecule has 136 valence electrons. The van der Waals surface area contributed by atoms with Crippen LogP contribution in [0.3, 0.4) is 0 Å². The van der Waals surface area contributed by atoms with Crippen molar-refractivity contribution < 1.29 is 14.4 Å². The summed E-state index contributed by atoms with van der Waals surface area (Å²) in [5.41, 5.74) is 0.666. The van der Waals surface area contributed by atoms with Crippen LogP contribution in [0.15, 0.2) is 17.3 Å². The number of hydrogen-bond donors (Lipinski definition) is 0. The van der Waals surface area contributed by atoms with Gasteiger partial charge < -0.3 is 0 Å². The zero-order valence-electron chi connectivity index (χ0n) is 13.7. The van der Waals surface area contributed by atoms with Crippen LogP contribution in [0.25, 0.3) is 0 Å². The van der Waals surface area contributed by atoms with E-state index in [4.69, 9.17) is 23.2 Å². The Morgan fingerprint density at radius 2 is 1.96 bits per heavy atom. The zero-order valence-corrected chi connectivity index (χ0v) is 16.1. The number of thioether (sulfide) groups is 1. The summed E-state index contributed by atoms with van der Waals surface area (Å²) < 4.78 is 1.50.